The Labute approximate surface area is 100 Å². The van der Waals surface area contributed by atoms with E-state index in [9.17, 15) is 0 Å². The van der Waals surface area contributed by atoms with E-state index in [1.54, 1.807) is 0 Å². The predicted octanol–water partition coefficient (Wildman–Crippen LogP) is 4.53. The molecule has 90 valence electrons. The van der Waals surface area contributed by atoms with Gasteiger partial charge in [0, 0.05) is 6.42 Å². The van der Waals surface area contributed by atoms with Crippen LogP contribution in [0, 0.1) is 34.0 Å². The highest BCUT2D eigenvalue weighted by Gasteiger charge is 2.47. The van der Waals surface area contributed by atoms with Gasteiger partial charge >= 0.3 is 0 Å². The van der Waals surface area contributed by atoms with Gasteiger partial charge in [0.25, 0.3) is 0 Å². The number of nitrogens with zero attached hydrogens (tertiary/aromatic N) is 1. The summed E-state index contributed by atoms with van der Waals surface area (Å²) in [6.45, 7) is 7.26. The maximum atomic E-state index is 8.84. The van der Waals surface area contributed by atoms with Crippen LogP contribution in [-0.2, 0) is 0 Å². The van der Waals surface area contributed by atoms with Crippen LogP contribution in [0.15, 0.2) is 0 Å². The molecule has 0 aliphatic heterocycles. The lowest BCUT2D eigenvalue weighted by Crippen LogP contribution is -2.42. The van der Waals surface area contributed by atoms with Crippen LogP contribution in [0.1, 0.15) is 65.7 Å². The third-order valence-electron chi connectivity index (χ3n) is 4.70. The lowest BCUT2D eigenvalue weighted by Gasteiger charge is -2.53. The van der Waals surface area contributed by atoms with Gasteiger partial charge < -0.3 is 0 Å². The second-order valence-corrected chi connectivity index (χ2v) is 7.32. The maximum absolute atomic E-state index is 8.84. The minimum absolute atomic E-state index is 0.512. The summed E-state index contributed by atoms with van der Waals surface area (Å²) in [6.07, 6.45) is 8.87. The molecule has 0 aromatic heterocycles. The molecule has 2 fully saturated rings. The van der Waals surface area contributed by atoms with Crippen molar-refractivity contribution >= 4 is 0 Å². The minimum atomic E-state index is 0.512. The Kier molecular flexibility index (Phi) is 3.03. The molecular weight excluding hydrogens is 194 g/mol. The summed E-state index contributed by atoms with van der Waals surface area (Å²) in [5.74, 6) is 1.82. The van der Waals surface area contributed by atoms with Gasteiger partial charge in [0.2, 0.25) is 0 Å². The Bertz CT molecular complexity index is 295. The second kappa shape index (κ2) is 4.06. The molecule has 0 amide bonds. The van der Waals surface area contributed by atoms with Gasteiger partial charge in [0.1, 0.15) is 0 Å². The Hall–Kier alpha value is -0.510. The van der Waals surface area contributed by atoms with Gasteiger partial charge in [0.15, 0.2) is 0 Å². The summed E-state index contributed by atoms with van der Waals surface area (Å²) in [6, 6.07) is 2.36. The number of hydrogen-bond acceptors (Lipinski definition) is 1. The van der Waals surface area contributed by atoms with E-state index in [2.05, 4.69) is 26.8 Å². The Morgan fingerprint density at radius 2 is 2.00 bits per heavy atom. The van der Waals surface area contributed by atoms with Gasteiger partial charge in [-0.05, 0) is 61.2 Å². The molecular formula is C15H25N. The fraction of sp³-hybridized carbons (Fsp3) is 0.933. The van der Waals surface area contributed by atoms with Gasteiger partial charge in [0.05, 0.1) is 6.07 Å². The summed E-state index contributed by atoms with van der Waals surface area (Å²) in [7, 11) is 0. The van der Waals surface area contributed by atoms with Gasteiger partial charge in [-0.15, -0.1) is 0 Å². The van der Waals surface area contributed by atoms with E-state index < -0.39 is 0 Å². The van der Waals surface area contributed by atoms with Crippen LogP contribution in [0.2, 0.25) is 0 Å². The van der Waals surface area contributed by atoms with Crippen molar-refractivity contribution in [1.29, 1.82) is 5.26 Å². The van der Waals surface area contributed by atoms with Gasteiger partial charge in [-0.25, -0.2) is 0 Å². The molecule has 0 N–H and O–H groups in total. The topological polar surface area (TPSA) is 23.8 Å². The molecule has 0 aromatic rings. The van der Waals surface area contributed by atoms with Gasteiger partial charge in [-0.1, -0.05) is 20.8 Å². The molecule has 3 unspecified atom stereocenters. The third-order valence-corrected chi connectivity index (χ3v) is 4.70. The maximum Gasteiger partial charge on any atom is 0.0621 e. The molecule has 1 nitrogen and oxygen atoms in total. The third kappa shape index (κ3) is 2.42. The standard InChI is InChI=1S/C15H25N/c1-12-7-13-9-14(2,3)11-15(8-12,10-13)5-4-6-16/h12-13H,4-5,7-11H2,1-3H3. The normalized spacial score (nSPS) is 41.4. The zero-order chi connectivity index (χ0) is 11.8. The van der Waals surface area contributed by atoms with E-state index in [1.165, 1.54) is 32.1 Å². The molecule has 0 radical (unpaired) electrons. The first-order valence-corrected chi connectivity index (χ1v) is 6.82. The first-order chi connectivity index (χ1) is 7.45. The van der Waals surface area contributed by atoms with Crippen LogP contribution in [-0.4, -0.2) is 0 Å². The molecule has 0 aromatic carbocycles. The summed E-state index contributed by atoms with van der Waals surface area (Å²) in [4.78, 5) is 0. The Morgan fingerprint density at radius 3 is 2.69 bits per heavy atom. The molecule has 1 heteroatoms. The summed E-state index contributed by atoms with van der Waals surface area (Å²) in [5.41, 5.74) is 1.03. The fourth-order valence-electron chi connectivity index (χ4n) is 4.95. The quantitative estimate of drug-likeness (QED) is 0.669. The first kappa shape index (κ1) is 12.0. The highest BCUT2D eigenvalue weighted by atomic mass is 14.5. The number of nitriles is 1. The van der Waals surface area contributed by atoms with Crippen molar-refractivity contribution < 1.29 is 0 Å². The van der Waals surface area contributed by atoms with Crippen LogP contribution >= 0.6 is 0 Å². The van der Waals surface area contributed by atoms with Gasteiger partial charge in [-0.2, -0.15) is 5.26 Å². The fourth-order valence-corrected chi connectivity index (χ4v) is 4.95. The minimum Gasteiger partial charge on any atom is -0.198 e. The summed E-state index contributed by atoms with van der Waals surface area (Å²) in [5, 5.41) is 8.84. The summed E-state index contributed by atoms with van der Waals surface area (Å²) >= 11 is 0. The highest BCUT2D eigenvalue weighted by molar-refractivity contribution is 4.99. The van der Waals surface area contributed by atoms with E-state index >= 15 is 0 Å². The van der Waals surface area contributed by atoms with E-state index in [0.717, 1.165) is 24.7 Å². The van der Waals surface area contributed by atoms with Crippen LogP contribution in [0.3, 0.4) is 0 Å². The molecule has 2 aliphatic carbocycles. The largest absolute Gasteiger partial charge is 0.198 e. The van der Waals surface area contributed by atoms with Crippen molar-refractivity contribution in [3.63, 3.8) is 0 Å². The zero-order valence-corrected chi connectivity index (χ0v) is 11.1. The van der Waals surface area contributed by atoms with Gasteiger partial charge in [-0.3, -0.25) is 0 Å². The predicted molar refractivity (Wildman–Crippen MR) is 66.8 cm³/mol. The SMILES string of the molecule is CC1CC2CC(C)(C)CC(CCC#N)(C1)C2. The summed E-state index contributed by atoms with van der Waals surface area (Å²) < 4.78 is 0. The van der Waals surface area contributed by atoms with E-state index in [4.69, 9.17) is 5.26 Å². The molecule has 2 rings (SSSR count). The lowest BCUT2D eigenvalue weighted by atomic mass is 9.52. The second-order valence-electron chi connectivity index (χ2n) is 7.32. The molecule has 2 aliphatic rings. The van der Waals surface area contributed by atoms with Crippen LogP contribution in [0.25, 0.3) is 0 Å². The van der Waals surface area contributed by atoms with Crippen molar-refractivity contribution in [3.05, 3.63) is 0 Å². The van der Waals surface area contributed by atoms with Crippen molar-refractivity contribution in [3.8, 4) is 6.07 Å². The molecule has 3 atom stereocenters. The Morgan fingerprint density at radius 1 is 1.25 bits per heavy atom. The van der Waals surface area contributed by atoms with Crippen molar-refractivity contribution in [2.45, 2.75) is 65.7 Å². The van der Waals surface area contributed by atoms with E-state index in [0.29, 0.717) is 10.8 Å². The number of hydrogen-bond donors (Lipinski definition) is 0. The lowest BCUT2D eigenvalue weighted by molar-refractivity contribution is -0.0256. The average molecular weight is 219 g/mol. The van der Waals surface area contributed by atoms with Crippen molar-refractivity contribution in [1.82, 2.24) is 0 Å². The van der Waals surface area contributed by atoms with Crippen LogP contribution < -0.4 is 0 Å². The highest BCUT2D eigenvalue weighted by Crippen LogP contribution is 2.58. The van der Waals surface area contributed by atoms with Crippen molar-refractivity contribution in [2.24, 2.45) is 22.7 Å². The van der Waals surface area contributed by atoms with Crippen LogP contribution in [0.4, 0.5) is 0 Å². The molecule has 2 bridgehead atoms. The number of rotatable bonds is 2. The first-order valence-electron chi connectivity index (χ1n) is 6.82. The smallest absolute Gasteiger partial charge is 0.0621 e. The molecule has 0 spiro atoms. The molecule has 2 saturated carbocycles. The molecule has 0 heterocycles. The van der Waals surface area contributed by atoms with E-state index in [-0.39, 0.29) is 0 Å². The zero-order valence-electron chi connectivity index (χ0n) is 11.1. The van der Waals surface area contributed by atoms with Crippen LogP contribution in [0.5, 0.6) is 0 Å². The van der Waals surface area contributed by atoms with Crippen molar-refractivity contribution in [2.75, 3.05) is 0 Å². The molecule has 16 heavy (non-hydrogen) atoms. The monoisotopic (exact) mass is 219 g/mol. The average Bonchev–Trinajstić information content (AvgIpc) is 2.10. The molecule has 0 saturated heterocycles. The Balaban J connectivity index is 2.15. The van der Waals surface area contributed by atoms with E-state index in [1.807, 2.05) is 0 Å². The number of fused-ring (bicyclic) bond motifs is 2.